The molecule has 4 heteroatoms. The van der Waals surface area contributed by atoms with E-state index >= 15 is 0 Å². The zero-order valence-corrected chi connectivity index (χ0v) is 10.2. The highest BCUT2D eigenvalue weighted by Crippen LogP contribution is 2.24. The van der Waals surface area contributed by atoms with Crippen LogP contribution >= 0.6 is 15.9 Å². The van der Waals surface area contributed by atoms with Crippen molar-refractivity contribution in [2.75, 3.05) is 5.73 Å². The number of anilines is 1. The van der Waals surface area contributed by atoms with Crippen LogP contribution in [0, 0.1) is 6.92 Å². The Bertz CT molecular complexity index is 546. The maximum Gasteiger partial charge on any atom is 0.229 e. The Morgan fingerprint density at radius 1 is 1.38 bits per heavy atom. The molecule has 0 atom stereocenters. The monoisotopic (exact) mass is 279 g/mol. The van der Waals surface area contributed by atoms with Crippen molar-refractivity contribution in [1.29, 1.82) is 0 Å². The van der Waals surface area contributed by atoms with Crippen LogP contribution in [-0.4, -0.2) is 5.78 Å². The van der Waals surface area contributed by atoms with Crippen molar-refractivity contribution in [3.8, 4) is 0 Å². The fraction of sp³-hybridized carbons (Fsp3) is 0.0833. The van der Waals surface area contributed by atoms with Gasteiger partial charge in [0.1, 0.15) is 0 Å². The number of ketones is 1. The van der Waals surface area contributed by atoms with Crippen LogP contribution in [0.15, 0.2) is 39.4 Å². The molecule has 0 bridgehead atoms. The molecule has 0 unspecified atom stereocenters. The summed E-state index contributed by atoms with van der Waals surface area (Å²) in [6, 6.07) is 6.84. The number of hydrogen-bond acceptors (Lipinski definition) is 3. The van der Waals surface area contributed by atoms with Gasteiger partial charge in [0, 0.05) is 15.7 Å². The van der Waals surface area contributed by atoms with Crippen LogP contribution in [0.3, 0.4) is 0 Å². The second-order valence-electron chi connectivity index (χ2n) is 3.50. The van der Waals surface area contributed by atoms with Gasteiger partial charge in [-0.25, -0.2) is 0 Å². The van der Waals surface area contributed by atoms with Gasteiger partial charge in [-0.05, 0) is 52.7 Å². The topological polar surface area (TPSA) is 56.2 Å². The first-order valence-electron chi connectivity index (χ1n) is 4.73. The Labute approximate surface area is 101 Å². The Hall–Kier alpha value is -1.55. The molecule has 0 radical (unpaired) electrons. The minimum Gasteiger partial charge on any atom is -0.461 e. The van der Waals surface area contributed by atoms with Crippen LogP contribution in [0.25, 0.3) is 0 Å². The van der Waals surface area contributed by atoms with E-state index in [9.17, 15) is 4.79 Å². The van der Waals surface area contributed by atoms with Crippen LogP contribution in [0.2, 0.25) is 0 Å². The van der Waals surface area contributed by atoms with E-state index in [0.29, 0.717) is 21.5 Å². The Balaban J connectivity index is 2.46. The highest BCUT2D eigenvalue weighted by Gasteiger charge is 2.17. The van der Waals surface area contributed by atoms with Gasteiger partial charge < -0.3 is 10.2 Å². The molecule has 0 fully saturated rings. The first kappa shape index (κ1) is 11.0. The van der Waals surface area contributed by atoms with E-state index < -0.39 is 0 Å². The van der Waals surface area contributed by atoms with Gasteiger partial charge in [0.25, 0.3) is 0 Å². The molecule has 0 aliphatic heterocycles. The minimum absolute atomic E-state index is 0.144. The molecule has 2 N–H and O–H groups in total. The van der Waals surface area contributed by atoms with E-state index in [1.807, 2.05) is 6.92 Å². The molecular formula is C12H10BrNO2. The van der Waals surface area contributed by atoms with Gasteiger partial charge in [0.05, 0.1) is 6.26 Å². The molecule has 0 saturated heterocycles. The van der Waals surface area contributed by atoms with E-state index in [1.165, 1.54) is 6.26 Å². The third kappa shape index (κ3) is 1.88. The summed E-state index contributed by atoms with van der Waals surface area (Å²) >= 11 is 3.32. The lowest BCUT2D eigenvalue weighted by molar-refractivity contribution is 0.101. The van der Waals surface area contributed by atoms with E-state index in [1.54, 1.807) is 24.3 Å². The zero-order valence-electron chi connectivity index (χ0n) is 8.66. The lowest BCUT2D eigenvalue weighted by Gasteiger charge is -2.03. The van der Waals surface area contributed by atoms with Crippen molar-refractivity contribution in [1.82, 2.24) is 0 Å². The molecule has 1 aromatic carbocycles. The fourth-order valence-electron chi connectivity index (χ4n) is 1.44. The molecule has 82 valence electrons. The number of benzene rings is 1. The molecule has 3 nitrogen and oxygen atoms in total. The molecular weight excluding hydrogens is 270 g/mol. The van der Waals surface area contributed by atoms with Gasteiger partial charge in [-0.3, -0.25) is 4.79 Å². The molecule has 0 aliphatic rings. The quantitative estimate of drug-likeness (QED) is 0.679. The predicted octanol–water partition coefficient (Wildman–Crippen LogP) is 3.16. The molecule has 16 heavy (non-hydrogen) atoms. The van der Waals surface area contributed by atoms with Gasteiger partial charge in [0.2, 0.25) is 5.78 Å². The Morgan fingerprint density at radius 3 is 2.69 bits per heavy atom. The lowest BCUT2D eigenvalue weighted by Crippen LogP contribution is -2.03. The summed E-state index contributed by atoms with van der Waals surface area (Å²) in [5.41, 5.74) is 7.60. The molecule has 2 rings (SSSR count). The summed E-state index contributed by atoms with van der Waals surface area (Å²) in [5, 5.41) is 0. The summed E-state index contributed by atoms with van der Waals surface area (Å²) in [7, 11) is 0. The molecule has 0 spiro atoms. The van der Waals surface area contributed by atoms with E-state index in [-0.39, 0.29) is 5.78 Å². The number of carbonyl (C=O) groups excluding carboxylic acids is 1. The smallest absolute Gasteiger partial charge is 0.229 e. The minimum atomic E-state index is -0.144. The summed E-state index contributed by atoms with van der Waals surface area (Å²) in [6.07, 6.45) is 1.51. The summed E-state index contributed by atoms with van der Waals surface area (Å²) in [5.74, 6) is 0.222. The van der Waals surface area contributed by atoms with Crippen molar-refractivity contribution in [3.63, 3.8) is 0 Å². The van der Waals surface area contributed by atoms with Gasteiger partial charge in [-0.15, -0.1) is 0 Å². The third-order valence-electron chi connectivity index (χ3n) is 2.31. The molecule has 1 heterocycles. The zero-order chi connectivity index (χ0) is 11.7. The molecule has 0 aliphatic carbocycles. The van der Waals surface area contributed by atoms with E-state index in [2.05, 4.69) is 15.9 Å². The number of hydrogen-bond donors (Lipinski definition) is 1. The highest BCUT2D eigenvalue weighted by molar-refractivity contribution is 9.10. The van der Waals surface area contributed by atoms with Gasteiger partial charge in [-0.2, -0.15) is 0 Å². The van der Waals surface area contributed by atoms with Crippen molar-refractivity contribution in [2.24, 2.45) is 0 Å². The van der Waals surface area contributed by atoms with Crippen LogP contribution in [0.5, 0.6) is 0 Å². The molecule has 0 saturated carbocycles. The number of nitrogen functional groups attached to an aromatic ring is 1. The van der Waals surface area contributed by atoms with Crippen molar-refractivity contribution in [2.45, 2.75) is 6.92 Å². The number of furan rings is 1. The normalized spacial score (nSPS) is 10.4. The summed E-state index contributed by atoms with van der Waals surface area (Å²) in [4.78, 5) is 12.1. The fourth-order valence-corrected chi connectivity index (χ4v) is 2.02. The molecule has 0 amide bonds. The summed E-state index contributed by atoms with van der Waals surface area (Å²) in [6.45, 7) is 1.84. The van der Waals surface area contributed by atoms with Crippen molar-refractivity contribution >= 4 is 27.4 Å². The standard InChI is InChI=1S/C12H10BrNO2/c1-7-4-5-16-12(7)11(15)9-3-2-8(14)6-10(9)13/h2-6H,14H2,1H3. The van der Waals surface area contributed by atoms with Gasteiger partial charge in [0.15, 0.2) is 5.76 Å². The Kier molecular flexibility index (Phi) is 2.83. The first-order valence-corrected chi connectivity index (χ1v) is 5.52. The number of rotatable bonds is 2. The highest BCUT2D eigenvalue weighted by atomic mass is 79.9. The van der Waals surface area contributed by atoms with Crippen molar-refractivity contribution < 1.29 is 9.21 Å². The lowest BCUT2D eigenvalue weighted by atomic mass is 10.1. The second kappa shape index (κ2) is 4.14. The third-order valence-corrected chi connectivity index (χ3v) is 2.96. The van der Waals surface area contributed by atoms with Crippen LogP contribution in [0.1, 0.15) is 21.7 Å². The summed E-state index contributed by atoms with van der Waals surface area (Å²) < 4.78 is 5.84. The van der Waals surface area contributed by atoms with E-state index in [0.717, 1.165) is 5.56 Å². The largest absolute Gasteiger partial charge is 0.461 e. The van der Waals surface area contributed by atoms with Gasteiger partial charge in [-0.1, -0.05) is 0 Å². The Morgan fingerprint density at radius 2 is 2.12 bits per heavy atom. The molecule has 1 aromatic heterocycles. The van der Waals surface area contributed by atoms with Crippen molar-refractivity contribution in [3.05, 3.63) is 51.9 Å². The number of nitrogens with two attached hydrogens (primary N) is 1. The van der Waals surface area contributed by atoms with Crippen LogP contribution in [0.4, 0.5) is 5.69 Å². The maximum atomic E-state index is 12.1. The number of carbonyl (C=O) groups is 1. The number of aryl methyl sites for hydroxylation is 1. The SMILES string of the molecule is Cc1ccoc1C(=O)c1ccc(N)cc1Br. The second-order valence-corrected chi connectivity index (χ2v) is 4.36. The number of halogens is 1. The average molecular weight is 280 g/mol. The van der Waals surface area contributed by atoms with Gasteiger partial charge >= 0.3 is 0 Å². The van der Waals surface area contributed by atoms with Crippen LogP contribution < -0.4 is 5.73 Å². The van der Waals surface area contributed by atoms with Crippen LogP contribution in [-0.2, 0) is 0 Å². The molecule has 2 aromatic rings. The average Bonchev–Trinajstić information content (AvgIpc) is 2.63. The maximum absolute atomic E-state index is 12.1. The predicted molar refractivity (Wildman–Crippen MR) is 65.4 cm³/mol. The van der Waals surface area contributed by atoms with E-state index in [4.69, 9.17) is 10.2 Å². The first-order chi connectivity index (χ1) is 7.59.